The molecule has 20 nitrogen and oxygen atoms in total. The van der Waals surface area contributed by atoms with Gasteiger partial charge in [-0.05, 0) is 111 Å². The molecule has 10 N–H and O–H groups in total. The zero-order valence-corrected chi connectivity index (χ0v) is 47.9. The highest BCUT2D eigenvalue weighted by Gasteiger charge is 2.72. The molecule has 22 atom stereocenters. The number of carbonyl (C=O) groups excluding carboxylic acids is 3. The Bertz CT molecular complexity index is 2210. The first-order valence-electron chi connectivity index (χ1n) is 29.6. The van der Waals surface area contributed by atoms with Gasteiger partial charge in [-0.15, -0.1) is 0 Å². The molecule has 5 aliphatic carbocycles. The SMILES string of the molecule is C[C@@H]1O[C@@H](O[C@H]2[C@H](OC(=O)[C@]34CCC(C)(C)C[C@H]3C3=CC[C@@H]5[C@@]6(C)CCC(=O)C(C)(C)[C@@H]6CC[C@@]5(C)[C@]3(C)C[C@H]4O)O[C@H](CO)[C@H](NC(=O)CCCCCCCCCCC(=O)O)[C@@H]2O)[C@H](O)[C@H](O)[C@H]1O[C@@H]1OC[C@@H](O)[C@H](O)[C@H]1O. The van der Waals surface area contributed by atoms with Gasteiger partial charge in [-0.2, -0.15) is 0 Å². The van der Waals surface area contributed by atoms with Crippen LogP contribution in [-0.4, -0.2) is 175 Å². The number of carboxylic acids is 1. The Hall–Kier alpha value is -2.70. The van der Waals surface area contributed by atoms with Gasteiger partial charge in [0.1, 0.15) is 60.0 Å². The zero-order valence-electron chi connectivity index (χ0n) is 47.9. The number of ether oxygens (including phenoxy) is 6. The molecule has 3 saturated heterocycles. The Balaban J connectivity index is 1.04. The van der Waals surface area contributed by atoms with Crippen molar-refractivity contribution in [3.05, 3.63) is 11.6 Å². The summed E-state index contributed by atoms with van der Waals surface area (Å²) < 4.78 is 36.5. The molecule has 0 spiro atoms. The van der Waals surface area contributed by atoms with Gasteiger partial charge in [-0.3, -0.25) is 19.2 Å². The van der Waals surface area contributed by atoms with Gasteiger partial charge in [0.25, 0.3) is 0 Å². The van der Waals surface area contributed by atoms with Crippen molar-refractivity contribution in [2.75, 3.05) is 13.2 Å². The summed E-state index contributed by atoms with van der Waals surface area (Å²) in [5.41, 5.74) is -2.01. The minimum absolute atomic E-state index is 0.0685. The number of Topliss-reactive ketones (excluding diaryl/α,β-unsaturated/α-hetero) is 1. The third-order valence-electron chi connectivity index (χ3n) is 21.6. The lowest BCUT2D eigenvalue weighted by Gasteiger charge is -2.71. The maximum absolute atomic E-state index is 15.7. The minimum atomic E-state index is -1.93. The van der Waals surface area contributed by atoms with E-state index in [0.717, 1.165) is 69.8 Å². The number of ketones is 1. The normalized spacial score (nSPS) is 45.4. The van der Waals surface area contributed by atoms with Crippen molar-refractivity contribution in [1.29, 1.82) is 0 Å². The van der Waals surface area contributed by atoms with Gasteiger partial charge in [-0.1, -0.05) is 98.6 Å². The largest absolute Gasteiger partial charge is 0.481 e. The highest BCUT2D eigenvalue weighted by atomic mass is 16.8. The zero-order chi connectivity index (χ0) is 57.8. The van der Waals surface area contributed by atoms with E-state index in [9.17, 15) is 55.2 Å². The van der Waals surface area contributed by atoms with Crippen molar-refractivity contribution in [3.63, 3.8) is 0 Å². The van der Waals surface area contributed by atoms with Gasteiger partial charge in [0, 0.05) is 24.7 Å². The lowest BCUT2D eigenvalue weighted by Crippen LogP contribution is -2.69. The van der Waals surface area contributed by atoms with Crippen LogP contribution < -0.4 is 5.32 Å². The predicted molar refractivity (Wildman–Crippen MR) is 283 cm³/mol. The van der Waals surface area contributed by atoms with Gasteiger partial charge >= 0.3 is 11.9 Å². The number of unbranched alkanes of at least 4 members (excludes halogenated alkanes) is 7. The Labute approximate surface area is 465 Å². The van der Waals surface area contributed by atoms with E-state index >= 15 is 4.79 Å². The number of carbonyl (C=O) groups is 4. The highest BCUT2D eigenvalue weighted by molar-refractivity contribution is 5.85. The number of nitrogens with one attached hydrogen (secondary N) is 1. The monoisotopic (exact) mass is 1120 g/mol. The fourth-order valence-electron chi connectivity index (χ4n) is 16.6. The van der Waals surface area contributed by atoms with E-state index in [1.54, 1.807) is 0 Å². The maximum Gasteiger partial charge on any atom is 0.317 e. The first kappa shape index (κ1) is 62.3. The second-order valence-electron chi connectivity index (χ2n) is 27.2. The number of allylic oxidation sites excluding steroid dienone is 2. The molecular formula is C59H95NO19. The molecule has 3 heterocycles. The van der Waals surface area contributed by atoms with Crippen LogP contribution in [0, 0.1) is 50.2 Å². The van der Waals surface area contributed by atoms with Gasteiger partial charge in [0.05, 0.1) is 31.5 Å². The van der Waals surface area contributed by atoms with Crippen LogP contribution in [0.25, 0.3) is 0 Å². The molecule has 0 aromatic heterocycles. The summed E-state index contributed by atoms with van der Waals surface area (Å²) in [6, 6.07) is -1.35. The third kappa shape index (κ3) is 11.7. The molecule has 8 rings (SSSR count). The summed E-state index contributed by atoms with van der Waals surface area (Å²) in [6.07, 6.45) is -7.85. The summed E-state index contributed by atoms with van der Waals surface area (Å²) in [4.78, 5) is 53.5. The molecule has 450 valence electrons. The summed E-state index contributed by atoms with van der Waals surface area (Å²) in [5.74, 6) is -1.80. The Morgan fingerprint density at radius 2 is 1.34 bits per heavy atom. The van der Waals surface area contributed by atoms with Gasteiger partial charge in [-0.25, -0.2) is 0 Å². The first-order valence-corrected chi connectivity index (χ1v) is 29.6. The number of hydrogen-bond donors (Lipinski definition) is 10. The third-order valence-corrected chi connectivity index (χ3v) is 21.6. The van der Waals surface area contributed by atoms with Crippen molar-refractivity contribution < 1.29 is 93.6 Å². The van der Waals surface area contributed by atoms with Crippen LogP contribution in [0.3, 0.4) is 0 Å². The second kappa shape index (κ2) is 24.1. The van der Waals surface area contributed by atoms with Crippen LogP contribution in [0.15, 0.2) is 11.6 Å². The second-order valence-corrected chi connectivity index (χ2v) is 27.2. The van der Waals surface area contributed by atoms with Crippen molar-refractivity contribution in [3.8, 4) is 0 Å². The van der Waals surface area contributed by atoms with Crippen molar-refractivity contribution in [2.24, 2.45) is 50.2 Å². The molecule has 7 fully saturated rings. The van der Waals surface area contributed by atoms with Crippen LogP contribution >= 0.6 is 0 Å². The van der Waals surface area contributed by atoms with E-state index in [2.05, 4.69) is 59.9 Å². The van der Waals surface area contributed by atoms with E-state index in [1.807, 2.05) is 0 Å². The summed E-state index contributed by atoms with van der Waals surface area (Å²) >= 11 is 0. The Kier molecular flexibility index (Phi) is 19.0. The average Bonchev–Trinajstić information content (AvgIpc) is 2.87. The topological polar surface area (TPSA) is 318 Å². The molecule has 0 radical (unpaired) electrons. The smallest absolute Gasteiger partial charge is 0.317 e. The molecule has 79 heavy (non-hydrogen) atoms. The van der Waals surface area contributed by atoms with Crippen molar-refractivity contribution in [2.45, 2.75) is 269 Å². The number of rotatable bonds is 19. The summed E-state index contributed by atoms with van der Waals surface area (Å²) in [6.45, 7) is 15.9. The number of aliphatic carboxylic acids is 1. The van der Waals surface area contributed by atoms with Crippen molar-refractivity contribution in [1.82, 2.24) is 5.32 Å². The van der Waals surface area contributed by atoms with E-state index in [-0.39, 0.29) is 53.8 Å². The fourth-order valence-corrected chi connectivity index (χ4v) is 16.6. The van der Waals surface area contributed by atoms with Crippen LogP contribution in [0.1, 0.15) is 177 Å². The number of amides is 1. The van der Waals surface area contributed by atoms with Crippen LogP contribution in [0.2, 0.25) is 0 Å². The van der Waals surface area contributed by atoms with Gasteiger partial charge in [0.2, 0.25) is 12.2 Å². The standard InChI is InChI=1S/C59H95NO19/c1-31-48(77-50-46(71)43(68)34(62)30-74-50)45(70)47(72)51(75-31)78-49-44(69)42(60-40(65)17-15-13-11-9-10-12-14-16-18-41(66)67)35(29-61)76-52(49)79-53(73)59-26-25-54(2,3)27-33(59)32-19-20-37-56(6)23-22-38(63)55(4,5)36(56)21-24-57(37,7)58(32,8)28-39(59)64/h19,31,33-37,39,42-52,61-62,64,68-72H,9-18,20-30H2,1-8H3,(H,60,65)(H,66,67)/t31-,33-,34+,35+,36-,37+,39+,42-,43-,44-,45-,46+,47+,48-,49+,50-,51-,52-,56-,57+,58+,59+/m0/s1. The molecule has 1 amide bonds. The van der Waals surface area contributed by atoms with E-state index < -0.39 is 145 Å². The van der Waals surface area contributed by atoms with Crippen molar-refractivity contribution >= 4 is 23.6 Å². The maximum atomic E-state index is 15.7. The predicted octanol–water partition coefficient (Wildman–Crippen LogP) is 4.10. The van der Waals surface area contributed by atoms with Gasteiger partial charge in [0.15, 0.2) is 18.7 Å². The number of carboxylic acid groups (broad SMARTS) is 1. The molecule has 20 heteroatoms. The number of esters is 1. The lowest BCUT2D eigenvalue weighted by atomic mass is 9.33. The molecule has 4 saturated carbocycles. The Morgan fingerprint density at radius 3 is 2.00 bits per heavy atom. The highest BCUT2D eigenvalue weighted by Crippen LogP contribution is 2.75. The molecule has 0 bridgehead atoms. The average molecular weight is 1120 g/mol. The van der Waals surface area contributed by atoms with E-state index in [0.29, 0.717) is 37.9 Å². The Morgan fingerprint density at radius 1 is 0.709 bits per heavy atom. The molecule has 0 aromatic rings. The quantitative estimate of drug-likeness (QED) is 0.0495. The fraction of sp³-hybridized carbons (Fsp3) is 0.898. The number of hydrogen-bond acceptors (Lipinski definition) is 18. The summed E-state index contributed by atoms with van der Waals surface area (Å²) in [5, 5.41) is 102. The molecule has 0 unspecified atom stereocenters. The molecule has 3 aliphatic heterocycles. The van der Waals surface area contributed by atoms with Crippen LogP contribution in [-0.2, 0) is 47.6 Å². The van der Waals surface area contributed by atoms with Crippen LogP contribution in [0.5, 0.6) is 0 Å². The van der Waals surface area contributed by atoms with Gasteiger partial charge < -0.3 is 79.7 Å². The van der Waals surface area contributed by atoms with Crippen LogP contribution in [0.4, 0.5) is 0 Å². The minimum Gasteiger partial charge on any atom is -0.481 e. The summed E-state index contributed by atoms with van der Waals surface area (Å²) in [7, 11) is 0. The van der Waals surface area contributed by atoms with E-state index in [1.165, 1.54) is 6.92 Å². The lowest BCUT2D eigenvalue weighted by molar-refractivity contribution is -0.370. The molecular weight excluding hydrogens is 1030 g/mol. The molecule has 8 aliphatic rings. The number of aliphatic hydroxyl groups excluding tert-OH is 8. The first-order chi connectivity index (χ1) is 37.1. The van der Waals surface area contributed by atoms with E-state index in [4.69, 9.17) is 33.5 Å². The number of aliphatic hydroxyl groups is 8. The number of fused-ring (bicyclic) bond motifs is 7. The molecule has 0 aromatic carbocycles.